The molecule has 1 aromatic rings. The van der Waals surface area contributed by atoms with Crippen LogP contribution in [0.3, 0.4) is 0 Å². The molecule has 0 aliphatic carbocycles. The van der Waals surface area contributed by atoms with E-state index in [4.69, 9.17) is 0 Å². The van der Waals surface area contributed by atoms with Crippen LogP contribution in [0.2, 0.25) is 0 Å². The number of hydrogen-bond donors (Lipinski definition) is 0. The summed E-state index contributed by atoms with van der Waals surface area (Å²) in [7, 11) is 0. The highest BCUT2D eigenvalue weighted by Gasteiger charge is 2.30. The molecule has 0 N–H and O–H groups in total. The predicted molar refractivity (Wildman–Crippen MR) is 86.6 cm³/mol. The van der Waals surface area contributed by atoms with E-state index in [1.807, 2.05) is 19.1 Å². The van der Waals surface area contributed by atoms with E-state index >= 15 is 0 Å². The Morgan fingerprint density at radius 1 is 1.14 bits per heavy atom. The third-order valence-corrected chi connectivity index (χ3v) is 5.50. The minimum atomic E-state index is -4.25. The maximum Gasteiger partial charge on any atom is 0.411 e. The molecular weight excluding hydrogens is 413 g/mol. The Kier molecular flexibility index (Phi) is 7.71. The second-order valence-corrected chi connectivity index (χ2v) is 6.31. The quantitative estimate of drug-likeness (QED) is 0.396. The molecule has 0 fully saturated rings. The first kappa shape index (κ1) is 19.0. The van der Waals surface area contributed by atoms with E-state index in [2.05, 4.69) is 48.7 Å². The van der Waals surface area contributed by atoms with Gasteiger partial charge >= 0.3 is 6.18 Å². The monoisotopic (exact) mass is 430 g/mol. The lowest BCUT2D eigenvalue weighted by Crippen LogP contribution is -2.31. The number of alkyl halides is 5. The second kappa shape index (κ2) is 8.53. The number of hydrogen-bond acceptors (Lipinski definition) is 1. The summed E-state index contributed by atoms with van der Waals surface area (Å²) in [5, 5.41) is 1.49. The average molecular weight is 432 g/mol. The zero-order valence-corrected chi connectivity index (χ0v) is 15.0. The predicted octanol–water partition coefficient (Wildman–Crippen LogP) is 5.38. The van der Waals surface area contributed by atoms with Gasteiger partial charge in [-0.25, -0.2) is 0 Å². The van der Waals surface area contributed by atoms with Crippen molar-refractivity contribution in [1.82, 2.24) is 0 Å². The average Bonchev–Trinajstić information content (AvgIpc) is 2.42. The summed E-state index contributed by atoms with van der Waals surface area (Å²) in [5.74, 6) is 0. The summed E-state index contributed by atoms with van der Waals surface area (Å²) in [5.41, 5.74) is 2.23. The molecule has 0 bridgehead atoms. The van der Waals surface area contributed by atoms with E-state index in [0.717, 1.165) is 17.1 Å². The van der Waals surface area contributed by atoms with Crippen LogP contribution in [-0.4, -0.2) is 30.1 Å². The molecule has 1 nitrogen and oxygen atoms in total. The van der Waals surface area contributed by atoms with Crippen molar-refractivity contribution in [2.24, 2.45) is 0 Å². The van der Waals surface area contributed by atoms with Gasteiger partial charge in [0.1, 0.15) is 6.61 Å². The smallest absolute Gasteiger partial charge is 0.372 e. The summed E-state index contributed by atoms with van der Waals surface area (Å²) in [6.07, 6.45) is -2.91. The molecule has 0 aromatic heterocycles. The highest BCUT2D eigenvalue weighted by molar-refractivity contribution is 9.09. The minimum absolute atomic E-state index is 0.118. The first-order valence-corrected chi connectivity index (χ1v) is 8.91. The van der Waals surface area contributed by atoms with E-state index in [0.29, 0.717) is 6.42 Å². The molecule has 0 aliphatic heterocycles. The molecule has 0 spiro atoms. The minimum Gasteiger partial charge on any atom is -0.372 e. The first-order valence-electron chi connectivity index (χ1n) is 6.66. The molecule has 21 heavy (non-hydrogen) atoms. The van der Waals surface area contributed by atoms with Crippen molar-refractivity contribution in [2.75, 3.05) is 23.9 Å². The summed E-state index contributed by atoms with van der Waals surface area (Å²) >= 11 is 7.09. The molecule has 1 aromatic carbocycles. The van der Waals surface area contributed by atoms with Crippen LogP contribution < -0.4 is 0 Å². The van der Waals surface area contributed by atoms with Gasteiger partial charge < -0.3 is 4.74 Å². The lowest BCUT2D eigenvalue weighted by atomic mass is 9.80. The van der Waals surface area contributed by atoms with Gasteiger partial charge in [-0.15, -0.1) is 0 Å². The standard InChI is InChI=1S/C15H19Br2F3O/c1-12-4-2-5-13(8-12)14(9-16,10-17)6-3-7-21-11-15(18,19)20/h2,4-5,8H,3,6-7,9-11H2,1H3. The van der Waals surface area contributed by atoms with Crippen molar-refractivity contribution < 1.29 is 17.9 Å². The lowest BCUT2D eigenvalue weighted by Gasteiger charge is -2.31. The SMILES string of the molecule is Cc1cccc(C(CBr)(CBr)CCCOCC(F)(F)F)c1. The number of rotatable bonds is 8. The third kappa shape index (κ3) is 6.28. The second-order valence-electron chi connectivity index (χ2n) is 5.19. The summed E-state index contributed by atoms with van der Waals surface area (Å²) in [6.45, 7) is 0.976. The van der Waals surface area contributed by atoms with Crippen LogP contribution >= 0.6 is 31.9 Å². The van der Waals surface area contributed by atoms with E-state index in [1.54, 1.807) is 0 Å². The van der Waals surface area contributed by atoms with Gasteiger partial charge in [0.25, 0.3) is 0 Å². The molecule has 0 heterocycles. The first-order chi connectivity index (χ1) is 9.83. The molecule has 0 radical (unpaired) electrons. The molecule has 0 amide bonds. The number of ether oxygens (including phenoxy) is 1. The van der Waals surface area contributed by atoms with E-state index in [1.165, 1.54) is 11.1 Å². The van der Waals surface area contributed by atoms with Crippen LogP contribution in [0.5, 0.6) is 0 Å². The largest absolute Gasteiger partial charge is 0.411 e. The zero-order chi connectivity index (χ0) is 15.9. The summed E-state index contributed by atoms with van der Waals surface area (Å²) < 4.78 is 40.7. The molecular formula is C15H19Br2F3O. The van der Waals surface area contributed by atoms with Gasteiger partial charge in [0.05, 0.1) is 0 Å². The number of halogens is 5. The fourth-order valence-electron chi connectivity index (χ4n) is 2.14. The molecule has 6 heteroatoms. The topological polar surface area (TPSA) is 9.23 Å². The Morgan fingerprint density at radius 2 is 1.81 bits per heavy atom. The Morgan fingerprint density at radius 3 is 2.33 bits per heavy atom. The summed E-state index contributed by atoms with van der Waals surface area (Å²) in [4.78, 5) is 0. The highest BCUT2D eigenvalue weighted by atomic mass is 79.9. The van der Waals surface area contributed by atoms with Crippen molar-refractivity contribution in [3.8, 4) is 0 Å². The summed E-state index contributed by atoms with van der Waals surface area (Å²) in [6, 6.07) is 8.22. The molecule has 120 valence electrons. The Labute approximate surface area is 140 Å². The van der Waals surface area contributed by atoms with Crippen molar-refractivity contribution >= 4 is 31.9 Å². The van der Waals surface area contributed by atoms with Gasteiger partial charge in [0.2, 0.25) is 0 Å². The maximum atomic E-state index is 12.0. The molecule has 0 saturated heterocycles. The van der Waals surface area contributed by atoms with Crippen LogP contribution in [0.1, 0.15) is 24.0 Å². The molecule has 1 rings (SSSR count). The fraction of sp³-hybridized carbons (Fsp3) is 0.600. The van der Waals surface area contributed by atoms with E-state index < -0.39 is 12.8 Å². The van der Waals surface area contributed by atoms with Gasteiger partial charge in [0.15, 0.2) is 0 Å². The van der Waals surface area contributed by atoms with Gasteiger partial charge in [-0.3, -0.25) is 0 Å². The molecule has 0 atom stereocenters. The van der Waals surface area contributed by atoms with Crippen molar-refractivity contribution in [1.29, 1.82) is 0 Å². The van der Waals surface area contributed by atoms with Crippen LogP contribution in [0.4, 0.5) is 13.2 Å². The van der Waals surface area contributed by atoms with Crippen LogP contribution in [-0.2, 0) is 10.2 Å². The van der Waals surface area contributed by atoms with Gasteiger partial charge in [0, 0.05) is 22.7 Å². The number of aryl methyl sites for hydroxylation is 1. The fourth-order valence-corrected chi connectivity index (χ4v) is 4.28. The van der Waals surface area contributed by atoms with Gasteiger partial charge in [-0.05, 0) is 25.3 Å². The normalized spacial score (nSPS) is 12.7. The Hall–Kier alpha value is -0.0700. The Balaban J connectivity index is 2.61. The molecule has 0 saturated carbocycles. The van der Waals surface area contributed by atoms with Gasteiger partial charge in [-0.2, -0.15) is 13.2 Å². The van der Waals surface area contributed by atoms with E-state index in [9.17, 15) is 13.2 Å². The lowest BCUT2D eigenvalue weighted by molar-refractivity contribution is -0.174. The maximum absolute atomic E-state index is 12.0. The zero-order valence-electron chi connectivity index (χ0n) is 11.9. The van der Waals surface area contributed by atoms with Crippen molar-refractivity contribution in [3.63, 3.8) is 0 Å². The third-order valence-electron chi connectivity index (χ3n) is 3.35. The number of benzene rings is 1. The van der Waals surface area contributed by atoms with E-state index in [-0.39, 0.29) is 12.0 Å². The molecule has 0 aliphatic rings. The van der Waals surface area contributed by atoms with Crippen LogP contribution in [0.15, 0.2) is 24.3 Å². The molecule has 0 unspecified atom stereocenters. The van der Waals surface area contributed by atoms with Gasteiger partial charge in [-0.1, -0.05) is 61.7 Å². The Bertz CT molecular complexity index is 431. The van der Waals surface area contributed by atoms with Crippen molar-refractivity contribution in [2.45, 2.75) is 31.4 Å². The van der Waals surface area contributed by atoms with Crippen molar-refractivity contribution in [3.05, 3.63) is 35.4 Å². The highest BCUT2D eigenvalue weighted by Crippen LogP contribution is 2.34. The van der Waals surface area contributed by atoms with Crippen LogP contribution in [0, 0.1) is 6.92 Å². The van der Waals surface area contributed by atoms with Crippen LogP contribution in [0.25, 0.3) is 0 Å².